The molecule has 2 rings (SSSR count). The molecule has 0 bridgehead atoms. The second-order valence-electron chi connectivity index (χ2n) is 5.28. The molecule has 0 spiro atoms. The molecule has 2 atom stereocenters. The van der Waals surface area contributed by atoms with Gasteiger partial charge in [-0.1, -0.05) is 42.4 Å². The quantitative estimate of drug-likeness (QED) is 0.515. The molecular formula is C17H16BF3. The molecule has 0 nitrogen and oxygen atoms in total. The van der Waals surface area contributed by atoms with Crippen molar-refractivity contribution < 1.29 is 13.2 Å². The Kier molecular flexibility index (Phi) is 4.76. The van der Waals surface area contributed by atoms with Crippen molar-refractivity contribution in [2.75, 3.05) is 6.67 Å². The first-order valence-electron chi connectivity index (χ1n) is 6.78. The molecule has 21 heavy (non-hydrogen) atoms. The smallest absolute Gasteiger partial charge is 0.140 e. The molecule has 2 unspecified atom stereocenters. The second kappa shape index (κ2) is 6.38. The van der Waals surface area contributed by atoms with Crippen molar-refractivity contribution >= 4 is 7.85 Å². The standard InChI is InChI=1S/C17H16BF3/c1-10(2)17(21)15(16(18)14(20)9-19)13-8-7-11-5-3-4-6-12(11)13/h3-6,8,11-12H,1,7,9H2,2H3/b16-14-,17-15+. The highest BCUT2D eigenvalue weighted by Gasteiger charge is 2.31. The monoisotopic (exact) mass is 288 g/mol. The number of fused-ring (bicyclic) bond motifs is 1. The molecule has 2 radical (unpaired) electrons. The van der Waals surface area contributed by atoms with Gasteiger partial charge in [-0.15, -0.1) is 0 Å². The average Bonchev–Trinajstić information content (AvgIpc) is 2.90. The summed E-state index contributed by atoms with van der Waals surface area (Å²) in [4.78, 5) is 0. The minimum Gasteiger partial charge on any atom is -0.243 e. The fourth-order valence-electron chi connectivity index (χ4n) is 2.70. The number of alkyl halides is 1. The first kappa shape index (κ1) is 15.7. The van der Waals surface area contributed by atoms with E-state index < -0.39 is 23.8 Å². The van der Waals surface area contributed by atoms with Crippen molar-refractivity contribution in [1.82, 2.24) is 0 Å². The normalized spacial score (nSPS) is 26.0. The Balaban J connectivity index is 2.53. The topological polar surface area (TPSA) is 0 Å². The number of hydrogen-bond donors (Lipinski definition) is 0. The van der Waals surface area contributed by atoms with E-state index in [1.54, 1.807) is 0 Å². The largest absolute Gasteiger partial charge is 0.243 e. The Morgan fingerprint density at radius 1 is 1.33 bits per heavy atom. The van der Waals surface area contributed by atoms with E-state index in [-0.39, 0.29) is 23.0 Å². The molecule has 0 fully saturated rings. The fraction of sp³-hybridized carbons (Fsp3) is 0.294. The summed E-state index contributed by atoms with van der Waals surface area (Å²) in [5.74, 6) is -1.70. The van der Waals surface area contributed by atoms with Gasteiger partial charge in [0.2, 0.25) is 0 Å². The molecule has 0 heterocycles. The summed E-state index contributed by atoms with van der Waals surface area (Å²) in [6.45, 7) is 3.65. The summed E-state index contributed by atoms with van der Waals surface area (Å²) in [5.41, 5.74) is 0.194. The Labute approximate surface area is 124 Å². The first-order valence-corrected chi connectivity index (χ1v) is 6.78. The number of allylic oxidation sites excluding steroid dienone is 11. The van der Waals surface area contributed by atoms with Gasteiger partial charge in [-0.2, -0.15) is 0 Å². The lowest BCUT2D eigenvalue weighted by Crippen LogP contribution is -2.12. The molecule has 0 saturated carbocycles. The maximum Gasteiger partial charge on any atom is 0.140 e. The van der Waals surface area contributed by atoms with Crippen molar-refractivity contribution in [2.45, 2.75) is 13.3 Å². The zero-order chi connectivity index (χ0) is 15.6. The van der Waals surface area contributed by atoms with Gasteiger partial charge in [-0.3, -0.25) is 0 Å². The fourth-order valence-corrected chi connectivity index (χ4v) is 2.70. The molecule has 0 aromatic rings. The van der Waals surface area contributed by atoms with E-state index >= 15 is 0 Å². The van der Waals surface area contributed by atoms with E-state index in [1.807, 2.05) is 30.4 Å². The van der Waals surface area contributed by atoms with Crippen molar-refractivity contribution in [3.05, 3.63) is 70.8 Å². The van der Waals surface area contributed by atoms with Gasteiger partial charge in [0.1, 0.15) is 26.2 Å². The Hall–Kier alpha value is -1.71. The maximum atomic E-state index is 14.4. The summed E-state index contributed by atoms with van der Waals surface area (Å²) in [6, 6.07) is 0. The zero-order valence-electron chi connectivity index (χ0n) is 11.9. The van der Waals surface area contributed by atoms with E-state index in [9.17, 15) is 13.2 Å². The van der Waals surface area contributed by atoms with Gasteiger partial charge in [0.25, 0.3) is 0 Å². The minimum atomic E-state index is -1.35. The number of hydrogen-bond acceptors (Lipinski definition) is 0. The predicted octanol–water partition coefficient (Wildman–Crippen LogP) is 4.79. The van der Waals surface area contributed by atoms with Crippen LogP contribution in [0.15, 0.2) is 70.8 Å². The van der Waals surface area contributed by atoms with Gasteiger partial charge >= 0.3 is 0 Å². The third-order valence-corrected chi connectivity index (χ3v) is 3.78. The van der Waals surface area contributed by atoms with Gasteiger partial charge in [-0.25, -0.2) is 13.2 Å². The highest BCUT2D eigenvalue weighted by molar-refractivity contribution is 6.25. The SMILES string of the molecule is [B]C(/C(C1=CCC2C=CC=CC12)=C(/F)C(=C)C)=C(\F)CF. The van der Waals surface area contributed by atoms with Crippen molar-refractivity contribution in [1.29, 1.82) is 0 Å². The van der Waals surface area contributed by atoms with Gasteiger partial charge < -0.3 is 0 Å². The summed E-state index contributed by atoms with van der Waals surface area (Å²) in [6.07, 6.45) is 10.3. The molecule has 2 aliphatic carbocycles. The third-order valence-electron chi connectivity index (χ3n) is 3.78. The van der Waals surface area contributed by atoms with Crippen LogP contribution < -0.4 is 0 Å². The highest BCUT2D eigenvalue weighted by atomic mass is 19.2. The van der Waals surface area contributed by atoms with Crippen LogP contribution in [0.4, 0.5) is 13.2 Å². The molecule has 0 N–H and O–H groups in total. The lowest BCUT2D eigenvalue weighted by atomic mass is 9.76. The average molecular weight is 288 g/mol. The van der Waals surface area contributed by atoms with Crippen molar-refractivity contribution in [3.8, 4) is 0 Å². The summed E-state index contributed by atoms with van der Waals surface area (Å²) in [7, 11) is 5.66. The van der Waals surface area contributed by atoms with Crippen LogP contribution in [0, 0.1) is 11.8 Å². The van der Waals surface area contributed by atoms with E-state index in [4.69, 9.17) is 7.85 Å². The lowest BCUT2D eigenvalue weighted by molar-refractivity contribution is 0.457. The highest BCUT2D eigenvalue weighted by Crippen LogP contribution is 2.43. The molecule has 0 aromatic carbocycles. The molecule has 0 aromatic heterocycles. The maximum absolute atomic E-state index is 14.4. The van der Waals surface area contributed by atoms with Crippen molar-refractivity contribution in [3.63, 3.8) is 0 Å². The van der Waals surface area contributed by atoms with Crippen molar-refractivity contribution in [2.24, 2.45) is 11.8 Å². The summed E-state index contributed by atoms with van der Waals surface area (Å²) >= 11 is 0. The molecular weight excluding hydrogens is 272 g/mol. The van der Waals surface area contributed by atoms with Crippen LogP contribution in [-0.4, -0.2) is 14.5 Å². The van der Waals surface area contributed by atoms with Gasteiger partial charge in [0, 0.05) is 11.5 Å². The third kappa shape index (κ3) is 2.99. The lowest BCUT2D eigenvalue weighted by Gasteiger charge is -2.23. The van der Waals surface area contributed by atoms with E-state index in [2.05, 4.69) is 6.58 Å². The van der Waals surface area contributed by atoms with Gasteiger partial charge in [0.15, 0.2) is 0 Å². The van der Waals surface area contributed by atoms with E-state index in [1.165, 1.54) is 6.92 Å². The van der Waals surface area contributed by atoms with Crippen LogP contribution >= 0.6 is 0 Å². The zero-order valence-corrected chi connectivity index (χ0v) is 11.9. The second-order valence-corrected chi connectivity index (χ2v) is 5.28. The van der Waals surface area contributed by atoms with Crippen LogP contribution in [0.5, 0.6) is 0 Å². The number of halogens is 3. The van der Waals surface area contributed by atoms with E-state index in [0.717, 1.165) is 6.42 Å². The predicted molar refractivity (Wildman–Crippen MR) is 80.8 cm³/mol. The Bertz CT molecular complexity index is 606. The molecule has 0 saturated heterocycles. The van der Waals surface area contributed by atoms with Gasteiger partial charge in [-0.05, 0) is 30.4 Å². The summed E-state index contributed by atoms with van der Waals surface area (Å²) in [5, 5.41) is 0. The Morgan fingerprint density at radius 2 is 2.00 bits per heavy atom. The van der Waals surface area contributed by atoms with Gasteiger partial charge in [0.05, 0.1) is 0 Å². The number of rotatable bonds is 4. The molecule has 0 aliphatic heterocycles. The molecule has 4 heteroatoms. The van der Waals surface area contributed by atoms with Crippen LogP contribution in [0.25, 0.3) is 0 Å². The van der Waals surface area contributed by atoms with Crippen LogP contribution in [0.1, 0.15) is 13.3 Å². The van der Waals surface area contributed by atoms with E-state index in [0.29, 0.717) is 5.57 Å². The minimum absolute atomic E-state index is 0.0647. The van der Waals surface area contributed by atoms with Crippen LogP contribution in [0.3, 0.4) is 0 Å². The molecule has 108 valence electrons. The molecule has 2 aliphatic rings. The molecule has 0 amide bonds. The first-order chi connectivity index (χ1) is 9.97. The van der Waals surface area contributed by atoms with Crippen LogP contribution in [0.2, 0.25) is 0 Å². The van der Waals surface area contributed by atoms with Crippen LogP contribution in [-0.2, 0) is 0 Å². The summed E-state index contributed by atoms with van der Waals surface area (Å²) < 4.78 is 40.6. The Morgan fingerprint density at radius 3 is 2.62 bits per heavy atom.